The molecule has 0 bridgehead atoms. The van der Waals surface area contributed by atoms with E-state index in [1.165, 1.54) is 23.1 Å². The summed E-state index contributed by atoms with van der Waals surface area (Å²) in [7, 11) is 1.66. The lowest BCUT2D eigenvalue weighted by atomic mass is 10.2. The van der Waals surface area contributed by atoms with Gasteiger partial charge in [0.15, 0.2) is 4.34 Å². The van der Waals surface area contributed by atoms with Crippen molar-refractivity contribution in [2.45, 2.75) is 15.9 Å². The van der Waals surface area contributed by atoms with Crippen molar-refractivity contribution in [2.75, 3.05) is 12.4 Å². The number of fused-ring (bicyclic) bond motifs is 1. The molecule has 4 aromatic rings. The number of aromatic nitrogens is 4. The number of hydrogen-bond acceptors (Lipinski definition) is 9. The number of benzene rings is 1. The predicted octanol–water partition coefficient (Wildman–Crippen LogP) is 4.31. The molecule has 0 unspecified atom stereocenters. The lowest BCUT2D eigenvalue weighted by Gasteiger charge is -2.03. The van der Waals surface area contributed by atoms with Crippen molar-refractivity contribution in [3.63, 3.8) is 0 Å². The van der Waals surface area contributed by atoms with E-state index in [-0.39, 0.29) is 0 Å². The zero-order valence-electron chi connectivity index (χ0n) is 13.2. The van der Waals surface area contributed by atoms with Gasteiger partial charge in [-0.2, -0.15) is 0 Å². The standard InChI is InChI=1S/C16H13N5OS3/c1-22-11-4-2-10(3-5-11)8-17-15-20-21-16(25-15)24-14-12-6-7-23-13(12)18-9-19-14/h2-7,9H,8H2,1H3,(H,17,20). The molecule has 0 saturated heterocycles. The molecule has 0 amide bonds. The molecule has 0 radical (unpaired) electrons. The van der Waals surface area contributed by atoms with Gasteiger partial charge in [-0.1, -0.05) is 23.5 Å². The van der Waals surface area contributed by atoms with Crippen LogP contribution in [0.2, 0.25) is 0 Å². The fourth-order valence-corrected chi connectivity index (χ4v) is 4.71. The first-order valence-electron chi connectivity index (χ1n) is 7.38. The van der Waals surface area contributed by atoms with Crippen molar-refractivity contribution in [2.24, 2.45) is 0 Å². The van der Waals surface area contributed by atoms with Crippen LogP contribution in [0.3, 0.4) is 0 Å². The summed E-state index contributed by atoms with van der Waals surface area (Å²) < 4.78 is 6.01. The molecule has 3 aromatic heterocycles. The van der Waals surface area contributed by atoms with Crippen LogP contribution >= 0.6 is 34.4 Å². The van der Waals surface area contributed by atoms with Gasteiger partial charge in [-0.05, 0) is 40.9 Å². The van der Waals surface area contributed by atoms with Crippen molar-refractivity contribution in [3.8, 4) is 5.75 Å². The molecule has 1 aromatic carbocycles. The number of hydrogen-bond donors (Lipinski definition) is 1. The number of rotatable bonds is 6. The second-order valence-electron chi connectivity index (χ2n) is 5.00. The van der Waals surface area contributed by atoms with E-state index in [9.17, 15) is 0 Å². The molecule has 126 valence electrons. The largest absolute Gasteiger partial charge is 0.497 e. The third kappa shape index (κ3) is 3.73. The van der Waals surface area contributed by atoms with Gasteiger partial charge < -0.3 is 10.1 Å². The summed E-state index contributed by atoms with van der Waals surface area (Å²) in [5.41, 5.74) is 1.15. The maximum absolute atomic E-state index is 5.16. The van der Waals surface area contributed by atoms with Crippen LogP contribution in [0.25, 0.3) is 10.2 Å². The van der Waals surface area contributed by atoms with E-state index in [0.717, 1.165) is 36.0 Å². The number of nitrogens with zero attached hydrogens (tertiary/aromatic N) is 4. The molecule has 25 heavy (non-hydrogen) atoms. The molecular formula is C16H13N5OS3. The molecule has 0 spiro atoms. The second-order valence-corrected chi connectivity index (χ2v) is 8.10. The molecule has 0 saturated carbocycles. The number of thiophene rings is 1. The molecule has 0 aliphatic heterocycles. The highest BCUT2D eigenvalue weighted by Gasteiger charge is 2.11. The van der Waals surface area contributed by atoms with Crippen molar-refractivity contribution in [1.29, 1.82) is 0 Å². The van der Waals surface area contributed by atoms with Crippen LogP contribution in [0.1, 0.15) is 5.56 Å². The minimum atomic E-state index is 0.686. The Morgan fingerprint density at radius 2 is 2.00 bits per heavy atom. The quantitative estimate of drug-likeness (QED) is 0.494. The Kier molecular flexibility index (Phi) is 4.77. The van der Waals surface area contributed by atoms with Crippen LogP contribution in [-0.4, -0.2) is 27.3 Å². The number of anilines is 1. The van der Waals surface area contributed by atoms with Crippen LogP contribution < -0.4 is 10.1 Å². The SMILES string of the molecule is COc1ccc(CNc2nnc(Sc3ncnc4sccc34)s2)cc1. The number of nitrogens with one attached hydrogen (secondary N) is 1. The minimum absolute atomic E-state index is 0.686. The smallest absolute Gasteiger partial charge is 0.206 e. The van der Waals surface area contributed by atoms with Crippen LogP contribution in [0, 0.1) is 0 Å². The summed E-state index contributed by atoms with van der Waals surface area (Å²) in [5, 5.41) is 16.5. The molecule has 1 N–H and O–H groups in total. The molecular weight excluding hydrogens is 374 g/mol. The highest BCUT2D eigenvalue weighted by Crippen LogP contribution is 2.35. The van der Waals surface area contributed by atoms with Gasteiger partial charge in [0.05, 0.1) is 7.11 Å². The van der Waals surface area contributed by atoms with E-state index in [0.29, 0.717) is 6.54 Å². The molecule has 3 heterocycles. The topological polar surface area (TPSA) is 72.8 Å². The Balaban J connectivity index is 1.42. The summed E-state index contributed by atoms with van der Waals surface area (Å²) >= 11 is 4.63. The minimum Gasteiger partial charge on any atom is -0.497 e. The lowest BCUT2D eigenvalue weighted by Crippen LogP contribution is -1.98. The first kappa shape index (κ1) is 16.2. The van der Waals surface area contributed by atoms with Crippen molar-refractivity contribution < 1.29 is 4.74 Å². The summed E-state index contributed by atoms with van der Waals surface area (Å²) in [6.07, 6.45) is 1.59. The Morgan fingerprint density at radius 1 is 1.12 bits per heavy atom. The molecule has 9 heteroatoms. The third-order valence-electron chi connectivity index (χ3n) is 3.42. The van der Waals surface area contributed by atoms with Crippen LogP contribution in [-0.2, 0) is 6.54 Å². The summed E-state index contributed by atoms with van der Waals surface area (Å²) in [5.74, 6) is 0.850. The number of ether oxygens (including phenoxy) is 1. The maximum atomic E-state index is 5.16. The molecule has 0 atom stereocenters. The fraction of sp³-hybridized carbons (Fsp3) is 0.125. The summed E-state index contributed by atoms with van der Waals surface area (Å²) in [6, 6.07) is 9.97. The average Bonchev–Trinajstić information content (AvgIpc) is 3.30. The Labute approximate surface area is 156 Å². The van der Waals surface area contributed by atoms with E-state index in [4.69, 9.17) is 4.74 Å². The van der Waals surface area contributed by atoms with Gasteiger partial charge in [0.25, 0.3) is 0 Å². The van der Waals surface area contributed by atoms with Gasteiger partial charge in [-0.3, -0.25) is 0 Å². The first-order valence-corrected chi connectivity index (χ1v) is 9.89. The molecule has 4 rings (SSSR count). The lowest BCUT2D eigenvalue weighted by molar-refractivity contribution is 0.414. The first-order chi connectivity index (χ1) is 12.3. The Morgan fingerprint density at radius 3 is 2.84 bits per heavy atom. The van der Waals surface area contributed by atoms with Gasteiger partial charge >= 0.3 is 0 Å². The molecule has 0 aliphatic rings. The maximum Gasteiger partial charge on any atom is 0.206 e. The Bertz CT molecular complexity index is 983. The zero-order chi connectivity index (χ0) is 17.1. The van der Waals surface area contributed by atoms with E-state index >= 15 is 0 Å². The predicted molar refractivity (Wildman–Crippen MR) is 102 cm³/mol. The highest BCUT2D eigenvalue weighted by atomic mass is 32.2. The third-order valence-corrected chi connectivity index (χ3v) is 6.19. The van der Waals surface area contributed by atoms with Gasteiger partial charge in [-0.15, -0.1) is 21.5 Å². The van der Waals surface area contributed by atoms with Crippen molar-refractivity contribution >= 4 is 49.8 Å². The summed E-state index contributed by atoms with van der Waals surface area (Å²) in [6.45, 7) is 0.686. The molecule has 0 aliphatic carbocycles. The fourth-order valence-electron chi connectivity index (χ4n) is 2.17. The van der Waals surface area contributed by atoms with Gasteiger partial charge in [0, 0.05) is 11.9 Å². The monoisotopic (exact) mass is 387 g/mol. The van der Waals surface area contributed by atoms with Crippen molar-refractivity contribution in [1.82, 2.24) is 20.2 Å². The van der Waals surface area contributed by atoms with E-state index in [1.807, 2.05) is 35.7 Å². The van der Waals surface area contributed by atoms with Crippen molar-refractivity contribution in [3.05, 3.63) is 47.6 Å². The molecule has 0 fully saturated rings. The van der Waals surface area contributed by atoms with Crippen LogP contribution in [0.5, 0.6) is 5.75 Å². The highest BCUT2D eigenvalue weighted by molar-refractivity contribution is 8.01. The normalized spacial score (nSPS) is 10.9. The van der Waals surface area contributed by atoms with Gasteiger partial charge in [0.2, 0.25) is 5.13 Å². The summed E-state index contributed by atoms with van der Waals surface area (Å²) in [4.78, 5) is 9.61. The van der Waals surface area contributed by atoms with E-state index < -0.39 is 0 Å². The van der Waals surface area contributed by atoms with Gasteiger partial charge in [0.1, 0.15) is 21.9 Å². The van der Waals surface area contributed by atoms with Crippen LogP contribution in [0.4, 0.5) is 5.13 Å². The average molecular weight is 388 g/mol. The van der Waals surface area contributed by atoms with E-state index in [2.05, 4.69) is 25.5 Å². The zero-order valence-corrected chi connectivity index (χ0v) is 15.6. The number of methoxy groups -OCH3 is 1. The van der Waals surface area contributed by atoms with E-state index in [1.54, 1.807) is 24.8 Å². The van der Waals surface area contributed by atoms with Crippen LogP contribution in [0.15, 0.2) is 51.4 Å². The Hall–Kier alpha value is -2.23. The second kappa shape index (κ2) is 7.34. The van der Waals surface area contributed by atoms with Gasteiger partial charge in [-0.25, -0.2) is 9.97 Å². The molecule has 6 nitrogen and oxygen atoms in total.